The lowest BCUT2D eigenvalue weighted by atomic mass is 10.1. The molecule has 1 unspecified atom stereocenters. The highest BCUT2D eigenvalue weighted by atomic mass is 19.1. The number of aromatic nitrogens is 1. The molecule has 0 bridgehead atoms. The monoisotopic (exact) mass is 383 g/mol. The van der Waals surface area contributed by atoms with Crippen LogP contribution in [0, 0.1) is 5.82 Å². The Morgan fingerprint density at radius 1 is 1.11 bits per heavy atom. The second-order valence-electron chi connectivity index (χ2n) is 7.04. The predicted octanol–water partition coefficient (Wildman–Crippen LogP) is 2.69. The summed E-state index contributed by atoms with van der Waals surface area (Å²) >= 11 is 0. The van der Waals surface area contributed by atoms with Gasteiger partial charge in [0.1, 0.15) is 12.4 Å². The first-order chi connectivity index (χ1) is 13.6. The molecule has 28 heavy (non-hydrogen) atoms. The number of nitrogens with zero attached hydrogens (tertiary/aromatic N) is 2. The fraction of sp³-hybridized carbons (Fsp3) is 0.333. The van der Waals surface area contributed by atoms with Crippen molar-refractivity contribution >= 4 is 17.0 Å². The average Bonchev–Trinajstić information content (AvgIpc) is 3.32. The maximum Gasteiger partial charge on any atom is 0.420 e. The smallest absolute Gasteiger partial charge is 0.408 e. The van der Waals surface area contributed by atoms with E-state index in [0.29, 0.717) is 17.6 Å². The molecule has 146 valence electrons. The lowest BCUT2D eigenvalue weighted by molar-refractivity contribution is -0.121. The van der Waals surface area contributed by atoms with Crippen LogP contribution in [0.25, 0.3) is 11.1 Å². The van der Waals surface area contributed by atoms with Gasteiger partial charge >= 0.3 is 5.76 Å². The first-order valence-electron chi connectivity index (χ1n) is 9.46. The zero-order chi connectivity index (χ0) is 19.5. The Labute approximate surface area is 161 Å². The molecular formula is C21H22FN3O3. The summed E-state index contributed by atoms with van der Waals surface area (Å²) in [5.41, 5.74) is 2.02. The second kappa shape index (κ2) is 7.98. The Morgan fingerprint density at radius 2 is 1.82 bits per heavy atom. The van der Waals surface area contributed by atoms with Crippen molar-refractivity contribution in [2.45, 2.75) is 25.4 Å². The van der Waals surface area contributed by atoms with E-state index in [1.165, 1.54) is 16.7 Å². The van der Waals surface area contributed by atoms with Crippen molar-refractivity contribution in [1.82, 2.24) is 14.8 Å². The van der Waals surface area contributed by atoms with Gasteiger partial charge < -0.3 is 9.73 Å². The maximum atomic E-state index is 13.3. The Hall–Kier alpha value is -2.93. The van der Waals surface area contributed by atoms with Gasteiger partial charge in [0.2, 0.25) is 5.91 Å². The standard InChI is InChI=1S/C21H22FN3O3/c22-16-9-7-15(8-10-16)18(24-11-3-4-12-24)13-23-20(26)14-25-17-5-1-2-6-19(17)28-21(25)27/h1-2,5-10,18H,3-4,11-14H2,(H,23,26). The third-order valence-electron chi connectivity index (χ3n) is 5.20. The molecule has 1 aromatic heterocycles. The van der Waals surface area contributed by atoms with Crippen LogP contribution in [0.1, 0.15) is 24.4 Å². The van der Waals surface area contributed by atoms with Crippen LogP contribution >= 0.6 is 0 Å². The number of hydrogen-bond donors (Lipinski definition) is 1. The molecule has 6 nitrogen and oxygen atoms in total. The summed E-state index contributed by atoms with van der Waals surface area (Å²) in [4.78, 5) is 26.9. The predicted molar refractivity (Wildman–Crippen MR) is 103 cm³/mol. The fourth-order valence-electron chi connectivity index (χ4n) is 3.77. The van der Waals surface area contributed by atoms with E-state index in [2.05, 4.69) is 10.2 Å². The van der Waals surface area contributed by atoms with Gasteiger partial charge in [0.25, 0.3) is 0 Å². The van der Waals surface area contributed by atoms with Crippen molar-refractivity contribution in [3.63, 3.8) is 0 Å². The van der Waals surface area contributed by atoms with Gasteiger partial charge in [0.05, 0.1) is 11.6 Å². The van der Waals surface area contributed by atoms with Crippen LogP contribution in [0.15, 0.2) is 57.7 Å². The van der Waals surface area contributed by atoms with Crippen LogP contribution in [0.3, 0.4) is 0 Å². The number of carbonyl (C=O) groups excluding carboxylic acids is 1. The minimum atomic E-state index is -0.550. The van der Waals surface area contributed by atoms with Crippen LogP contribution < -0.4 is 11.1 Å². The molecule has 2 heterocycles. The van der Waals surface area contributed by atoms with Crippen LogP contribution in [-0.4, -0.2) is 35.0 Å². The summed E-state index contributed by atoms with van der Waals surface area (Å²) in [6.07, 6.45) is 2.23. The minimum absolute atomic E-state index is 0.0233. The third kappa shape index (κ3) is 3.84. The Morgan fingerprint density at radius 3 is 2.57 bits per heavy atom. The van der Waals surface area contributed by atoms with Gasteiger partial charge in [-0.15, -0.1) is 0 Å². The summed E-state index contributed by atoms with van der Waals surface area (Å²) in [6, 6.07) is 13.4. The zero-order valence-corrected chi connectivity index (χ0v) is 15.4. The molecule has 0 saturated carbocycles. The van der Waals surface area contributed by atoms with Crippen molar-refractivity contribution in [3.05, 3.63) is 70.5 Å². The van der Waals surface area contributed by atoms with E-state index in [4.69, 9.17) is 4.42 Å². The molecule has 1 fully saturated rings. The number of hydrogen-bond acceptors (Lipinski definition) is 4. The van der Waals surface area contributed by atoms with Gasteiger partial charge in [-0.05, 0) is 55.8 Å². The number of halogens is 1. The van der Waals surface area contributed by atoms with Crippen molar-refractivity contribution in [3.8, 4) is 0 Å². The van der Waals surface area contributed by atoms with Crippen molar-refractivity contribution in [2.24, 2.45) is 0 Å². The van der Waals surface area contributed by atoms with Crippen LogP contribution in [-0.2, 0) is 11.3 Å². The molecule has 1 amide bonds. The van der Waals surface area contributed by atoms with E-state index in [9.17, 15) is 14.0 Å². The summed E-state index contributed by atoms with van der Waals surface area (Å²) in [7, 11) is 0. The van der Waals surface area contributed by atoms with E-state index in [-0.39, 0.29) is 24.3 Å². The molecule has 1 atom stereocenters. The van der Waals surface area contributed by atoms with Crippen LogP contribution in [0.5, 0.6) is 0 Å². The van der Waals surface area contributed by atoms with Crippen LogP contribution in [0.2, 0.25) is 0 Å². The number of amides is 1. The molecule has 0 radical (unpaired) electrons. The summed E-state index contributed by atoms with van der Waals surface area (Å²) in [6.45, 7) is 2.19. The fourth-order valence-corrected chi connectivity index (χ4v) is 3.77. The van der Waals surface area contributed by atoms with E-state index in [1.807, 2.05) is 0 Å². The average molecular weight is 383 g/mol. The second-order valence-corrected chi connectivity index (χ2v) is 7.04. The van der Waals surface area contributed by atoms with Gasteiger partial charge in [-0.2, -0.15) is 0 Å². The van der Waals surface area contributed by atoms with E-state index >= 15 is 0 Å². The van der Waals surface area contributed by atoms with Gasteiger partial charge in [0, 0.05) is 6.54 Å². The molecule has 0 aliphatic carbocycles. The number of benzene rings is 2. The number of nitrogens with one attached hydrogen (secondary N) is 1. The summed E-state index contributed by atoms with van der Waals surface area (Å²) < 4.78 is 19.8. The first-order valence-corrected chi connectivity index (χ1v) is 9.46. The summed E-state index contributed by atoms with van der Waals surface area (Å²) in [5.74, 6) is -1.09. The molecule has 2 aromatic carbocycles. The third-order valence-corrected chi connectivity index (χ3v) is 5.20. The number of oxazole rings is 1. The molecular weight excluding hydrogens is 361 g/mol. The lowest BCUT2D eigenvalue weighted by Gasteiger charge is -2.28. The molecule has 1 aliphatic rings. The van der Waals surface area contributed by atoms with E-state index < -0.39 is 5.76 Å². The number of para-hydroxylation sites is 2. The van der Waals surface area contributed by atoms with Crippen molar-refractivity contribution in [2.75, 3.05) is 19.6 Å². The molecule has 1 aliphatic heterocycles. The number of carbonyl (C=O) groups is 1. The van der Waals surface area contributed by atoms with E-state index in [0.717, 1.165) is 31.5 Å². The number of rotatable bonds is 6. The maximum absolute atomic E-state index is 13.3. The van der Waals surface area contributed by atoms with Gasteiger partial charge in [-0.25, -0.2) is 9.18 Å². The van der Waals surface area contributed by atoms with Crippen LogP contribution in [0.4, 0.5) is 4.39 Å². The normalized spacial score (nSPS) is 15.8. The van der Waals surface area contributed by atoms with Gasteiger partial charge in [-0.1, -0.05) is 24.3 Å². The van der Waals surface area contributed by atoms with Crippen molar-refractivity contribution < 1.29 is 13.6 Å². The minimum Gasteiger partial charge on any atom is -0.408 e. The zero-order valence-electron chi connectivity index (χ0n) is 15.4. The quantitative estimate of drug-likeness (QED) is 0.711. The highest BCUT2D eigenvalue weighted by molar-refractivity contribution is 5.79. The number of likely N-dealkylation sites (tertiary alicyclic amines) is 1. The summed E-state index contributed by atoms with van der Waals surface area (Å²) in [5, 5.41) is 2.93. The highest BCUT2D eigenvalue weighted by Crippen LogP contribution is 2.24. The molecule has 3 aromatic rings. The largest absolute Gasteiger partial charge is 0.420 e. The molecule has 0 spiro atoms. The molecule has 7 heteroatoms. The SMILES string of the molecule is O=C(Cn1c(=O)oc2ccccc21)NCC(c1ccc(F)cc1)N1CCCC1. The van der Waals surface area contributed by atoms with Crippen molar-refractivity contribution in [1.29, 1.82) is 0 Å². The molecule has 1 N–H and O–H groups in total. The Balaban J connectivity index is 1.47. The Bertz CT molecular complexity index is 1020. The van der Waals surface area contributed by atoms with Gasteiger partial charge in [-0.3, -0.25) is 14.3 Å². The Kier molecular flexibility index (Phi) is 5.25. The molecule has 4 rings (SSSR count). The van der Waals surface area contributed by atoms with E-state index in [1.54, 1.807) is 36.4 Å². The highest BCUT2D eigenvalue weighted by Gasteiger charge is 2.24. The first kappa shape index (κ1) is 18.4. The molecule has 1 saturated heterocycles. The van der Waals surface area contributed by atoms with Gasteiger partial charge in [0.15, 0.2) is 5.58 Å². The topological polar surface area (TPSA) is 67.5 Å². The number of fused-ring (bicyclic) bond motifs is 1. The lowest BCUT2D eigenvalue weighted by Crippen LogP contribution is -2.38.